The number of nitrogens with zero attached hydrogens (tertiary/aromatic N) is 1. The van der Waals surface area contributed by atoms with Gasteiger partial charge in [0.15, 0.2) is 0 Å². The highest BCUT2D eigenvalue weighted by atomic mass is 79.9. The molecule has 1 aliphatic heterocycles. The van der Waals surface area contributed by atoms with Gasteiger partial charge in [0, 0.05) is 10.5 Å². The van der Waals surface area contributed by atoms with Crippen LogP contribution in [0.4, 0.5) is 5.69 Å². The van der Waals surface area contributed by atoms with Crippen molar-refractivity contribution in [3.8, 4) is 0 Å². The van der Waals surface area contributed by atoms with Crippen LogP contribution in [0.1, 0.15) is 12.5 Å². The summed E-state index contributed by atoms with van der Waals surface area (Å²) >= 11 is 3.33. The lowest BCUT2D eigenvalue weighted by atomic mass is 10.1. The second kappa shape index (κ2) is 4.90. The Morgan fingerprint density at radius 2 is 1.75 bits per heavy atom. The quantitative estimate of drug-likeness (QED) is 0.828. The largest absolute Gasteiger partial charge is 0.265 e. The highest BCUT2D eigenvalue weighted by Gasteiger charge is 2.36. The number of rotatable bonds is 2. The monoisotopic (exact) mass is 351 g/mol. The average Bonchev–Trinajstić information content (AvgIpc) is 2.75. The first kappa shape index (κ1) is 13.6. The van der Waals surface area contributed by atoms with Crippen LogP contribution < -0.4 is 4.31 Å². The van der Waals surface area contributed by atoms with Crippen molar-refractivity contribution in [2.24, 2.45) is 0 Å². The third kappa shape index (κ3) is 2.05. The minimum Gasteiger partial charge on any atom is -0.263 e. The van der Waals surface area contributed by atoms with E-state index in [0.717, 1.165) is 17.7 Å². The molecule has 5 heteroatoms. The fourth-order valence-electron chi connectivity index (χ4n) is 2.66. The number of sulfonamides is 1. The molecule has 1 atom stereocenters. The molecule has 0 amide bonds. The van der Waals surface area contributed by atoms with Crippen molar-refractivity contribution in [1.82, 2.24) is 0 Å². The van der Waals surface area contributed by atoms with Crippen molar-refractivity contribution in [2.75, 3.05) is 4.31 Å². The molecule has 0 unspecified atom stereocenters. The van der Waals surface area contributed by atoms with Gasteiger partial charge in [0.05, 0.1) is 5.69 Å². The van der Waals surface area contributed by atoms with Crippen LogP contribution in [0.2, 0.25) is 0 Å². The summed E-state index contributed by atoms with van der Waals surface area (Å²) in [6.45, 7) is 1.94. The van der Waals surface area contributed by atoms with Gasteiger partial charge in [0.2, 0.25) is 0 Å². The Bertz CT molecular complexity index is 758. The number of fused-ring (bicyclic) bond motifs is 1. The maximum atomic E-state index is 12.9. The Labute approximate surface area is 127 Å². The number of anilines is 1. The lowest BCUT2D eigenvalue weighted by Gasteiger charge is -2.25. The first-order valence-corrected chi connectivity index (χ1v) is 8.62. The molecule has 0 N–H and O–H groups in total. The lowest BCUT2D eigenvalue weighted by Crippen LogP contribution is -2.35. The molecule has 0 saturated heterocycles. The summed E-state index contributed by atoms with van der Waals surface area (Å²) in [6, 6.07) is 14.5. The summed E-state index contributed by atoms with van der Waals surface area (Å²) in [5.41, 5.74) is 1.87. The molecule has 20 heavy (non-hydrogen) atoms. The molecule has 0 radical (unpaired) electrons. The predicted molar refractivity (Wildman–Crippen MR) is 83.4 cm³/mol. The van der Waals surface area contributed by atoms with Crippen LogP contribution in [0.25, 0.3) is 0 Å². The minimum atomic E-state index is -3.55. The van der Waals surface area contributed by atoms with Gasteiger partial charge in [0.25, 0.3) is 10.0 Å². The third-order valence-corrected chi connectivity index (χ3v) is 6.46. The van der Waals surface area contributed by atoms with Gasteiger partial charge in [-0.3, -0.25) is 4.31 Å². The first-order chi connectivity index (χ1) is 9.51. The molecule has 0 aliphatic carbocycles. The first-order valence-electron chi connectivity index (χ1n) is 6.38. The van der Waals surface area contributed by atoms with Crippen molar-refractivity contribution < 1.29 is 8.42 Å². The van der Waals surface area contributed by atoms with Crippen LogP contribution >= 0.6 is 15.9 Å². The number of benzene rings is 2. The van der Waals surface area contributed by atoms with E-state index in [0.29, 0.717) is 9.37 Å². The van der Waals surface area contributed by atoms with Gasteiger partial charge in [0.1, 0.15) is 4.90 Å². The summed E-state index contributed by atoms with van der Waals surface area (Å²) in [5.74, 6) is 0. The van der Waals surface area contributed by atoms with Crippen LogP contribution in [0, 0.1) is 0 Å². The third-order valence-electron chi connectivity index (χ3n) is 3.52. The highest BCUT2D eigenvalue weighted by Crippen LogP contribution is 2.37. The summed E-state index contributed by atoms with van der Waals surface area (Å²) in [7, 11) is -3.55. The maximum absolute atomic E-state index is 12.9. The van der Waals surface area contributed by atoms with Crippen LogP contribution in [0.3, 0.4) is 0 Å². The van der Waals surface area contributed by atoms with Gasteiger partial charge in [-0.1, -0.05) is 30.3 Å². The number of hydrogen-bond acceptors (Lipinski definition) is 2. The minimum absolute atomic E-state index is 0.0653. The highest BCUT2D eigenvalue weighted by molar-refractivity contribution is 9.10. The predicted octanol–water partition coefficient (Wildman–Crippen LogP) is 3.59. The van der Waals surface area contributed by atoms with E-state index in [4.69, 9.17) is 0 Å². The molecule has 3 rings (SSSR count). The van der Waals surface area contributed by atoms with E-state index in [2.05, 4.69) is 15.9 Å². The fraction of sp³-hybridized carbons (Fsp3) is 0.200. The van der Waals surface area contributed by atoms with Gasteiger partial charge >= 0.3 is 0 Å². The number of hydrogen-bond donors (Lipinski definition) is 0. The van der Waals surface area contributed by atoms with Crippen LogP contribution in [0.5, 0.6) is 0 Å². The normalized spacial score (nSPS) is 18.1. The van der Waals surface area contributed by atoms with Crippen molar-refractivity contribution >= 4 is 31.6 Å². The molecule has 104 valence electrons. The van der Waals surface area contributed by atoms with Crippen molar-refractivity contribution in [3.63, 3.8) is 0 Å². The van der Waals surface area contributed by atoms with E-state index in [9.17, 15) is 8.42 Å². The average molecular weight is 352 g/mol. The molecule has 1 heterocycles. The molecule has 0 saturated carbocycles. The Kier molecular flexibility index (Phi) is 3.34. The fourth-order valence-corrected chi connectivity index (χ4v) is 5.32. The summed E-state index contributed by atoms with van der Waals surface area (Å²) in [6.07, 6.45) is 0.750. The second-order valence-corrected chi connectivity index (χ2v) is 7.55. The van der Waals surface area contributed by atoms with Gasteiger partial charge in [-0.2, -0.15) is 0 Å². The van der Waals surface area contributed by atoms with E-state index >= 15 is 0 Å². The van der Waals surface area contributed by atoms with Crippen molar-refractivity contribution in [3.05, 3.63) is 58.6 Å². The molecule has 3 nitrogen and oxygen atoms in total. The Balaban J connectivity index is 2.16. The molecule has 1 aliphatic rings. The summed E-state index contributed by atoms with van der Waals surface area (Å²) in [5, 5.41) is 0. The lowest BCUT2D eigenvalue weighted by molar-refractivity contribution is 0.583. The van der Waals surface area contributed by atoms with Crippen molar-refractivity contribution in [1.29, 1.82) is 0 Å². The SMILES string of the molecule is C[C@H]1Cc2ccccc2N1S(=O)(=O)c1ccccc1Br. The number of para-hydroxylation sites is 1. The van der Waals surface area contributed by atoms with Crippen LogP contribution in [-0.4, -0.2) is 14.5 Å². The molecule has 0 bridgehead atoms. The van der Waals surface area contributed by atoms with Crippen LogP contribution in [0.15, 0.2) is 57.9 Å². The van der Waals surface area contributed by atoms with E-state index in [1.165, 1.54) is 4.31 Å². The molecule has 2 aromatic rings. The standard InChI is InChI=1S/C15H14BrNO2S/c1-11-10-12-6-2-4-8-14(12)17(11)20(18,19)15-9-5-3-7-13(15)16/h2-9,11H,10H2,1H3/t11-/m0/s1. The van der Waals surface area contributed by atoms with Crippen LogP contribution in [-0.2, 0) is 16.4 Å². The van der Waals surface area contributed by atoms with E-state index in [1.54, 1.807) is 18.2 Å². The van der Waals surface area contributed by atoms with E-state index < -0.39 is 10.0 Å². The molecular weight excluding hydrogens is 338 g/mol. The molecule has 0 spiro atoms. The maximum Gasteiger partial charge on any atom is 0.265 e. The molecule has 0 fully saturated rings. The zero-order valence-corrected chi connectivity index (χ0v) is 13.4. The van der Waals surface area contributed by atoms with Gasteiger partial charge in [-0.05, 0) is 53.0 Å². The Morgan fingerprint density at radius 3 is 2.50 bits per heavy atom. The zero-order valence-electron chi connectivity index (χ0n) is 11.0. The second-order valence-electron chi connectivity index (χ2n) is 4.91. The Hall–Kier alpha value is -1.33. The van der Waals surface area contributed by atoms with Gasteiger partial charge in [-0.15, -0.1) is 0 Å². The van der Waals surface area contributed by atoms with E-state index in [1.807, 2.05) is 37.3 Å². The molecule has 2 aromatic carbocycles. The summed E-state index contributed by atoms with van der Waals surface area (Å²) < 4.78 is 28.0. The van der Waals surface area contributed by atoms with Crippen molar-refractivity contribution in [2.45, 2.75) is 24.3 Å². The van der Waals surface area contributed by atoms with Gasteiger partial charge < -0.3 is 0 Å². The molecular formula is C15H14BrNO2S. The Morgan fingerprint density at radius 1 is 1.10 bits per heavy atom. The van der Waals surface area contributed by atoms with Gasteiger partial charge in [-0.25, -0.2) is 8.42 Å². The summed E-state index contributed by atoms with van der Waals surface area (Å²) in [4.78, 5) is 0.309. The smallest absolute Gasteiger partial charge is 0.263 e. The molecule has 0 aromatic heterocycles. The zero-order chi connectivity index (χ0) is 14.3. The van der Waals surface area contributed by atoms with E-state index in [-0.39, 0.29) is 6.04 Å². The number of halogens is 1. The topological polar surface area (TPSA) is 37.4 Å².